The molecule has 2 rings (SSSR count). The number of aromatic nitrogens is 2. The Morgan fingerprint density at radius 3 is 2.56 bits per heavy atom. The predicted molar refractivity (Wildman–Crippen MR) is 96.7 cm³/mol. The first-order chi connectivity index (χ1) is 11.8. The SMILES string of the molecule is Cn1cncc1CNCCOc1ccc(NC(=O)OC(C)(C)C)cc1. The summed E-state index contributed by atoms with van der Waals surface area (Å²) in [6, 6.07) is 7.19. The minimum Gasteiger partial charge on any atom is -0.492 e. The summed E-state index contributed by atoms with van der Waals surface area (Å²) in [6.07, 6.45) is 3.14. The van der Waals surface area contributed by atoms with Crippen molar-refractivity contribution in [2.45, 2.75) is 32.9 Å². The summed E-state index contributed by atoms with van der Waals surface area (Å²) < 4.78 is 12.9. The summed E-state index contributed by atoms with van der Waals surface area (Å²) in [5.74, 6) is 0.747. The molecule has 0 unspecified atom stereocenters. The van der Waals surface area contributed by atoms with Crippen molar-refractivity contribution in [2.75, 3.05) is 18.5 Å². The van der Waals surface area contributed by atoms with Gasteiger partial charge in [0.2, 0.25) is 0 Å². The molecule has 25 heavy (non-hydrogen) atoms. The lowest BCUT2D eigenvalue weighted by molar-refractivity contribution is 0.0636. The second-order valence-corrected chi connectivity index (χ2v) is 6.67. The van der Waals surface area contributed by atoms with Gasteiger partial charge in [0.15, 0.2) is 0 Å². The maximum Gasteiger partial charge on any atom is 0.412 e. The number of benzene rings is 1. The van der Waals surface area contributed by atoms with Gasteiger partial charge in [-0.2, -0.15) is 0 Å². The average Bonchev–Trinajstić information content (AvgIpc) is 2.92. The number of amides is 1. The molecular weight excluding hydrogens is 320 g/mol. The van der Waals surface area contributed by atoms with Gasteiger partial charge in [-0.05, 0) is 45.0 Å². The lowest BCUT2D eigenvalue weighted by Crippen LogP contribution is -2.27. The molecule has 0 fully saturated rings. The number of ether oxygens (including phenoxy) is 2. The molecule has 0 radical (unpaired) electrons. The third-order valence-electron chi connectivity index (χ3n) is 3.27. The Morgan fingerprint density at radius 1 is 1.24 bits per heavy atom. The van der Waals surface area contributed by atoms with Crippen molar-refractivity contribution < 1.29 is 14.3 Å². The molecule has 0 spiro atoms. The van der Waals surface area contributed by atoms with Gasteiger partial charge in [-0.3, -0.25) is 5.32 Å². The summed E-state index contributed by atoms with van der Waals surface area (Å²) in [5, 5.41) is 5.98. The molecule has 0 bridgehead atoms. The van der Waals surface area contributed by atoms with E-state index < -0.39 is 11.7 Å². The van der Waals surface area contributed by atoms with E-state index in [1.165, 1.54) is 0 Å². The van der Waals surface area contributed by atoms with E-state index in [0.717, 1.165) is 24.5 Å². The van der Waals surface area contributed by atoms with Crippen LogP contribution in [0.1, 0.15) is 26.5 Å². The number of carbonyl (C=O) groups is 1. The normalized spacial score (nSPS) is 11.2. The van der Waals surface area contributed by atoms with Crippen molar-refractivity contribution in [3.8, 4) is 5.75 Å². The molecule has 0 aliphatic carbocycles. The second-order valence-electron chi connectivity index (χ2n) is 6.67. The summed E-state index contributed by atoms with van der Waals surface area (Å²) in [6.45, 7) is 7.50. The Morgan fingerprint density at radius 2 is 1.96 bits per heavy atom. The number of nitrogens with one attached hydrogen (secondary N) is 2. The van der Waals surface area contributed by atoms with Gasteiger partial charge in [0.05, 0.1) is 12.0 Å². The van der Waals surface area contributed by atoms with E-state index >= 15 is 0 Å². The molecule has 1 aromatic carbocycles. The zero-order chi connectivity index (χ0) is 18.3. The van der Waals surface area contributed by atoms with Gasteiger partial charge in [0, 0.05) is 32.0 Å². The fourth-order valence-electron chi connectivity index (χ4n) is 2.07. The van der Waals surface area contributed by atoms with Crippen LogP contribution in [0.3, 0.4) is 0 Å². The van der Waals surface area contributed by atoms with Gasteiger partial charge >= 0.3 is 6.09 Å². The number of anilines is 1. The third-order valence-corrected chi connectivity index (χ3v) is 3.27. The Balaban J connectivity index is 1.68. The van der Waals surface area contributed by atoms with Crippen LogP contribution in [0.4, 0.5) is 10.5 Å². The highest BCUT2D eigenvalue weighted by atomic mass is 16.6. The highest BCUT2D eigenvalue weighted by molar-refractivity contribution is 5.84. The van der Waals surface area contributed by atoms with Crippen molar-refractivity contribution in [2.24, 2.45) is 7.05 Å². The minimum absolute atomic E-state index is 0.472. The summed E-state index contributed by atoms with van der Waals surface area (Å²) >= 11 is 0. The van der Waals surface area contributed by atoms with Gasteiger partial charge in [-0.1, -0.05) is 0 Å². The van der Waals surface area contributed by atoms with E-state index in [-0.39, 0.29) is 0 Å². The molecule has 2 N–H and O–H groups in total. The average molecular weight is 346 g/mol. The third kappa shape index (κ3) is 6.84. The second kappa shape index (κ2) is 8.53. The van der Waals surface area contributed by atoms with Gasteiger partial charge in [-0.15, -0.1) is 0 Å². The lowest BCUT2D eigenvalue weighted by Gasteiger charge is -2.19. The molecule has 0 saturated heterocycles. The highest BCUT2D eigenvalue weighted by Gasteiger charge is 2.16. The van der Waals surface area contributed by atoms with Crippen LogP contribution in [0.15, 0.2) is 36.8 Å². The molecule has 0 aliphatic rings. The predicted octanol–water partition coefficient (Wildman–Crippen LogP) is 2.94. The molecular formula is C18H26N4O3. The van der Waals surface area contributed by atoms with E-state index in [9.17, 15) is 4.79 Å². The first-order valence-electron chi connectivity index (χ1n) is 8.22. The van der Waals surface area contributed by atoms with Crippen LogP contribution in [-0.4, -0.2) is 34.4 Å². The number of nitrogens with zero attached hydrogens (tertiary/aromatic N) is 2. The molecule has 1 aromatic heterocycles. The fourth-order valence-corrected chi connectivity index (χ4v) is 2.07. The quantitative estimate of drug-likeness (QED) is 0.754. The Labute approximate surface area is 148 Å². The monoisotopic (exact) mass is 346 g/mol. The van der Waals surface area contributed by atoms with E-state index in [0.29, 0.717) is 12.3 Å². The van der Waals surface area contributed by atoms with Crippen molar-refractivity contribution in [3.63, 3.8) is 0 Å². The number of aryl methyl sites for hydroxylation is 1. The molecule has 1 heterocycles. The Kier molecular flexibility index (Phi) is 6.41. The van der Waals surface area contributed by atoms with Crippen LogP contribution in [-0.2, 0) is 18.3 Å². The van der Waals surface area contributed by atoms with E-state index in [4.69, 9.17) is 9.47 Å². The molecule has 0 atom stereocenters. The van der Waals surface area contributed by atoms with Gasteiger partial charge in [0.1, 0.15) is 18.0 Å². The summed E-state index contributed by atoms with van der Waals surface area (Å²) in [7, 11) is 1.97. The van der Waals surface area contributed by atoms with Gasteiger partial charge < -0.3 is 19.4 Å². The van der Waals surface area contributed by atoms with Gasteiger partial charge in [-0.25, -0.2) is 9.78 Å². The Hall–Kier alpha value is -2.54. The maximum absolute atomic E-state index is 11.7. The largest absolute Gasteiger partial charge is 0.492 e. The molecule has 0 aliphatic heterocycles. The minimum atomic E-state index is -0.518. The highest BCUT2D eigenvalue weighted by Crippen LogP contribution is 2.16. The first kappa shape index (κ1) is 18.8. The zero-order valence-electron chi connectivity index (χ0n) is 15.2. The van der Waals surface area contributed by atoms with Crippen LogP contribution in [0, 0.1) is 0 Å². The molecule has 1 amide bonds. The smallest absolute Gasteiger partial charge is 0.412 e. The van der Waals surface area contributed by atoms with Crippen LogP contribution < -0.4 is 15.4 Å². The maximum atomic E-state index is 11.7. The molecule has 136 valence electrons. The Bertz CT molecular complexity index is 674. The molecule has 0 saturated carbocycles. The van der Waals surface area contributed by atoms with Crippen molar-refractivity contribution in [1.29, 1.82) is 0 Å². The van der Waals surface area contributed by atoms with Crippen molar-refractivity contribution in [3.05, 3.63) is 42.5 Å². The number of carbonyl (C=O) groups excluding carboxylic acids is 1. The van der Waals surface area contributed by atoms with E-state index in [1.54, 1.807) is 18.5 Å². The number of hydrogen-bond acceptors (Lipinski definition) is 5. The fraction of sp³-hybridized carbons (Fsp3) is 0.444. The van der Waals surface area contributed by atoms with E-state index in [1.807, 2.05) is 50.7 Å². The molecule has 7 heteroatoms. The summed E-state index contributed by atoms with van der Waals surface area (Å²) in [4.78, 5) is 15.8. The number of rotatable bonds is 7. The van der Waals surface area contributed by atoms with Crippen LogP contribution in [0.25, 0.3) is 0 Å². The number of hydrogen-bond donors (Lipinski definition) is 2. The zero-order valence-corrected chi connectivity index (χ0v) is 15.2. The van der Waals surface area contributed by atoms with Gasteiger partial charge in [0.25, 0.3) is 0 Å². The van der Waals surface area contributed by atoms with Crippen LogP contribution in [0.5, 0.6) is 5.75 Å². The molecule has 2 aromatic rings. The lowest BCUT2D eigenvalue weighted by atomic mass is 10.2. The van der Waals surface area contributed by atoms with Crippen molar-refractivity contribution in [1.82, 2.24) is 14.9 Å². The van der Waals surface area contributed by atoms with Crippen molar-refractivity contribution >= 4 is 11.8 Å². The topological polar surface area (TPSA) is 77.4 Å². The van der Waals surface area contributed by atoms with Crippen LogP contribution in [0.2, 0.25) is 0 Å². The number of imidazole rings is 1. The molecule has 7 nitrogen and oxygen atoms in total. The van der Waals surface area contributed by atoms with Crippen LogP contribution >= 0.6 is 0 Å². The standard InChI is InChI=1S/C18H26N4O3/c1-18(2,3)25-17(23)21-14-5-7-16(8-6-14)24-10-9-19-11-15-12-20-13-22(15)4/h5-8,12-13,19H,9-11H2,1-4H3,(H,21,23). The first-order valence-corrected chi connectivity index (χ1v) is 8.22. The summed E-state index contributed by atoms with van der Waals surface area (Å²) in [5.41, 5.74) is 1.27. The van der Waals surface area contributed by atoms with E-state index in [2.05, 4.69) is 15.6 Å².